The fourth-order valence-electron chi connectivity index (χ4n) is 2.93. The Balaban J connectivity index is 1.65. The van der Waals surface area contributed by atoms with Gasteiger partial charge >= 0.3 is 0 Å². The minimum Gasteiger partial charge on any atom is -0.496 e. The highest BCUT2D eigenvalue weighted by Gasteiger charge is 2.23. The molecule has 1 aromatic heterocycles. The first-order valence-electron chi connectivity index (χ1n) is 8.18. The number of nitrogens with zero attached hydrogens (tertiary/aromatic N) is 3. The van der Waals surface area contributed by atoms with Crippen LogP contribution in [-0.2, 0) is 11.2 Å². The lowest BCUT2D eigenvalue weighted by molar-refractivity contribution is -0.130. The number of anilines is 1. The molecule has 6 nitrogen and oxygen atoms in total. The maximum atomic E-state index is 12.7. The van der Waals surface area contributed by atoms with Crippen LogP contribution in [0.5, 0.6) is 5.75 Å². The minimum absolute atomic E-state index is 0.0200. The molecule has 0 atom stereocenters. The van der Waals surface area contributed by atoms with E-state index in [4.69, 9.17) is 4.74 Å². The monoisotopic (exact) mass is 359 g/mol. The average molecular weight is 359 g/mol. The van der Waals surface area contributed by atoms with Crippen molar-refractivity contribution in [1.82, 2.24) is 9.88 Å². The van der Waals surface area contributed by atoms with Gasteiger partial charge in [-0.15, -0.1) is 11.3 Å². The number of piperazine rings is 1. The van der Waals surface area contributed by atoms with Crippen LogP contribution in [0.1, 0.15) is 22.8 Å². The van der Waals surface area contributed by atoms with Crippen molar-refractivity contribution in [3.05, 3.63) is 40.9 Å². The van der Waals surface area contributed by atoms with E-state index in [1.165, 1.54) is 6.92 Å². The normalized spacial score (nSPS) is 14.5. The van der Waals surface area contributed by atoms with Crippen LogP contribution in [0.2, 0.25) is 0 Å². The van der Waals surface area contributed by atoms with Crippen molar-refractivity contribution in [2.45, 2.75) is 13.3 Å². The largest absolute Gasteiger partial charge is 0.496 e. The fraction of sp³-hybridized carbons (Fsp3) is 0.389. The maximum Gasteiger partial charge on any atom is 0.227 e. The summed E-state index contributed by atoms with van der Waals surface area (Å²) in [5.41, 5.74) is 1.35. The number of aromatic nitrogens is 1. The van der Waals surface area contributed by atoms with Gasteiger partial charge in [0.25, 0.3) is 0 Å². The number of carbonyl (C=O) groups excluding carboxylic acids is 2. The van der Waals surface area contributed by atoms with Crippen molar-refractivity contribution < 1.29 is 14.3 Å². The number of carbonyl (C=O) groups is 2. The van der Waals surface area contributed by atoms with Crippen LogP contribution in [0.3, 0.4) is 0 Å². The molecule has 1 aliphatic rings. The number of ketones is 1. The van der Waals surface area contributed by atoms with E-state index in [9.17, 15) is 9.59 Å². The van der Waals surface area contributed by atoms with Crippen LogP contribution in [0, 0.1) is 0 Å². The Kier molecular flexibility index (Phi) is 5.33. The highest BCUT2D eigenvalue weighted by molar-refractivity contribution is 7.13. The summed E-state index contributed by atoms with van der Waals surface area (Å²) in [5, 5.41) is 2.96. The van der Waals surface area contributed by atoms with Crippen molar-refractivity contribution in [3.8, 4) is 5.75 Å². The summed E-state index contributed by atoms with van der Waals surface area (Å²) in [5.74, 6) is 0.672. The van der Waals surface area contributed by atoms with E-state index in [1.54, 1.807) is 42.8 Å². The van der Waals surface area contributed by atoms with Gasteiger partial charge in [0.15, 0.2) is 10.9 Å². The Morgan fingerprint density at radius 2 is 2.00 bits per heavy atom. The predicted molar refractivity (Wildman–Crippen MR) is 97.6 cm³/mol. The number of methoxy groups -OCH3 is 1. The summed E-state index contributed by atoms with van der Waals surface area (Å²) in [6, 6.07) is 5.23. The lowest BCUT2D eigenvalue weighted by atomic mass is 10.0. The molecule has 0 unspecified atom stereocenters. The van der Waals surface area contributed by atoms with E-state index >= 15 is 0 Å². The molecule has 0 aliphatic carbocycles. The lowest BCUT2D eigenvalue weighted by Gasteiger charge is -2.34. The van der Waals surface area contributed by atoms with Crippen LogP contribution in [-0.4, -0.2) is 54.9 Å². The summed E-state index contributed by atoms with van der Waals surface area (Å²) >= 11 is 1.61. The van der Waals surface area contributed by atoms with E-state index < -0.39 is 0 Å². The second-order valence-electron chi connectivity index (χ2n) is 5.94. The van der Waals surface area contributed by atoms with Crippen LogP contribution in [0.4, 0.5) is 5.13 Å². The molecule has 0 bridgehead atoms. The van der Waals surface area contributed by atoms with Gasteiger partial charge in [-0.3, -0.25) is 9.59 Å². The van der Waals surface area contributed by atoms with E-state index in [0.29, 0.717) is 24.4 Å². The van der Waals surface area contributed by atoms with Crippen molar-refractivity contribution >= 4 is 28.2 Å². The molecule has 25 heavy (non-hydrogen) atoms. The van der Waals surface area contributed by atoms with Gasteiger partial charge in [-0.05, 0) is 25.1 Å². The Hall–Kier alpha value is -2.41. The molecule has 0 N–H and O–H groups in total. The van der Waals surface area contributed by atoms with Gasteiger partial charge < -0.3 is 14.5 Å². The predicted octanol–water partition coefficient (Wildman–Crippen LogP) is 2.25. The van der Waals surface area contributed by atoms with E-state index in [1.807, 2.05) is 10.3 Å². The van der Waals surface area contributed by atoms with Crippen LogP contribution < -0.4 is 9.64 Å². The standard InChI is InChI=1S/C18H21N3O3S/c1-13(22)14-3-4-16(24-2)15(11-14)12-17(23)20-6-8-21(9-7-20)18-19-5-10-25-18/h3-5,10-11H,6-9,12H2,1-2H3. The van der Waals surface area contributed by atoms with E-state index in [2.05, 4.69) is 9.88 Å². The molecule has 0 spiro atoms. The molecule has 0 radical (unpaired) electrons. The number of Topliss-reactive ketones (excluding diaryl/α,β-unsaturated/α-hetero) is 1. The van der Waals surface area contributed by atoms with Gasteiger partial charge in [0, 0.05) is 48.9 Å². The van der Waals surface area contributed by atoms with Crippen LogP contribution >= 0.6 is 11.3 Å². The number of ether oxygens (including phenoxy) is 1. The number of rotatable bonds is 5. The summed E-state index contributed by atoms with van der Waals surface area (Å²) < 4.78 is 5.34. The van der Waals surface area contributed by atoms with Crippen LogP contribution in [0.25, 0.3) is 0 Å². The molecule has 7 heteroatoms. The Morgan fingerprint density at radius 1 is 1.24 bits per heavy atom. The molecule has 1 saturated heterocycles. The van der Waals surface area contributed by atoms with Crippen LogP contribution in [0.15, 0.2) is 29.8 Å². The minimum atomic E-state index is -0.0200. The zero-order valence-corrected chi connectivity index (χ0v) is 15.2. The summed E-state index contributed by atoms with van der Waals surface area (Å²) in [4.78, 5) is 32.6. The molecule has 3 rings (SSSR count). The van der Waals surface area contributed by atoms with Gasteiger partial charge in [-0.25, -0.2) is 4.98 Å². The SMILES string of the molecule is COc1ccc(C(C)=O)cc1CC(=O)N1CCN(c2nccs2)CC1. The zero-order chi connectivity index (χ0) is 17.8. The Bertz CT molecular complexity index is 753. The second kappa shape index (κ2) is 7.65. The molecular formula is C18H21N3O3S. The van der Waals surface area contributed by atoms with E-state index in [0.717, 1.165) is 23.8 Å². The number of benzene rings is 1. The molecule has 1 aromatic carbocycles. The number of thiazole rings is 1. The fourth-order valence-corrected chi connectivity index (χ4v) is 3.63. The number of hydrogen-bond donors (Lipinski definition) is 0. The van der Waals surface area contributed by atoms with Gasteiger partial charge in [0.05, 0.1) is 13.5 Å². The Labute approximate surface area is 151 Å². The highest BCUT2D eigenvalue weighted by atomic mass is 32.1. The van der Waals surface area contributed by atoms with Gasteiger partial charge in [0.1, 0.15) is 5.75 Å². The van der Waals surface area contributed by atoms with Gasteiger partial charge in [0.2, 0.25) is 5.91 Å². The molecule has 2 heterocycles. The second-order valence-corrected chi connectivity index (χ2v) is 6.82. The Morgan fingerprint density at radius 3 is 2.60 bits per heavy atom. The van der Waals surface area contributed by atoms with Crippen molar-refractivity contribution in [3.63, 3.8) is 0 Å². The molecule has 1 fully saturated rings. The van der Waals surface area contributed by atoms with Crippen molar-refractivity contribution in [2.24, 2.45) is 0 Å². The van der Waals surface area contributed by atoms with E-state index in [-0.39, 0.29) is 18.1 Å². The summed E-state index contributed by atoms with van der Waals surface area (Å²) in [7, 11) is 1.57. The zero-order valence-electron chi connectivity index (χ0n) is 14.4. The molecule has 1 amide bonds. The first-order chi connectivity index (χ1) is 12.1. The first-order valence-corrected chi connectivity index (χ1v) is 9.06. The molecular weight excluding hydrogens is 338 g/mol. The number of amides is 1. The molecule has 1 aliphatic heterocycles. The quantitative estimate of drug-likeness (QED) is 0.766. The molecule has 132 valence electrons. The smallest absolute Gasteiger partial charge is 0.227 e. The maximum absolute atomic E-state index is 12.7. The topological polar surface area (TPSA) is 62.7 Å². The van der Waals surface area contributed by atoms with Gasteiger partial charge in [-0.1, -0.05) is 0 Å². The third-order valence-electron chi connectivity index (χ3n) is 4.35. The first kappa shape index (κ1) is 17.4. The highest BCUT2D eigenvalue weighted by Crippen LogP contribution is 2.23. The van der Waals surface area contributed by atoms with Gasteiger partial charge in [-0.2, -0.15) is 0 Å². The summed E-state index contributed by atoms with van der Waals surface area (Å²) in [6.07, 6.45) is 2.04. The number of hydrogen-bond acceptors (Lipinski definition) is 6. The molecule has 0 saturated carbocycles. The molecule has 2 aromatic rings. The third-order valence-corrected chi connectivity index (χ3v) is 5.18. The average Bonchev–Trinajstić information content (AvgIpc) is 3.16. The third kappa shape index (κ3) is 3.99. The summed E-state index contributed by atoms with van der Waals surface area (Å²) in [6.45, 7) is 4.43. The lowest BCUT2D eigenvalue weighted by Crippen LogP contribution is -2.49. The van der Waals surface area contributed by atoms with Crippen molar-refractivity contribution in [2.75, 3.05) is 38.2 Å². The van der Waals surface area contributed by atoms with Crippen molar-refractivity contribution in [1.29, 1.82) is 0 Å².